The lowest BCUT2D eigenvalue weighted by molar-refractivity contribution is -0.116. The van der Waals surface area contributed by atoms with Crippen LogP contribution in [0.5, 0.6) is 5.75 Å². The average Bonchev–Trinajstić information content (AvgIpc) is 3.29. The number of benzene rings is 2. The molecule has 11 heteroatoms. The summed E-state index contributed by atoms with van der Waals surface area (Å²) >= 11 is 1.30. The smallest absolute Gasteiger partial charge is 0.262 e. The number of anilines is 2. The number of thiophene rings is 1. The Balaban J connectivity index is 1.64. The molecule has 3 N–H and O–H groups in total. The molecule has 2 aromatic carbocycles. The molecular formula is C21H20FN3O5S2. The Hall–Kier alpha value is -3.44. The summed E-state index contributed by atoms with van der Waals surface area (Å²) in [5, 5.41) is 7.09. The van der Waals surface area contributed by atoms with Crippen molar-refractivity contribution in [2.45, 2.75) is 11.3 Å². The van der Waals surface area contributed by atoms with Crippen molar-refractivity contribution in [3.8, 4) is 5.75 Å². The number of methoxy groups -OCH3 is 1. The van der Waals surface area contributed by atoms with Crippen molar-refractivity contribution >= 4 is 44.5 Å². The van der Waals surface area contributed by atoms with Crippen molar-refractivity contribution in [1.82, 2.24) is 5.32 Å². The third-order valence-electron chi connectivity index (χ3n) is 4.23. The highest BCUT2D eigenvalue weighted by Gasteiger charge is 2.17. The molecule has 8 nitrogen and oxygen atoms in total. The maximum atomic E-state index is 13.1. The minimum atomic E-state index is -4.01. The molecule has 168 valence electrons. The average molecular weight is 478 g/mol. The van der Waals surface area contributed by atoms with E-state index in [9.17, 15) is 22.4 Å². The third kappa shape index (κ3) is 6.05. The van der Waals surface area contributed by atoms with Crippen LogP contribution < -0.4 is 20.1 Å². The molecule has 0 aliphatic carbocycles. The Labute approximate surface area is 188 Å². The fourth-order valence-electron chi connectivity index (χ4n) is 2.69. The lowest BCUT2D eigenvalue weighted by Gasteiger charge is -2.14. The first-order valence-electron chi connectivity index (χ1n) is 9.36. The summed E-state index contributed by atoms with van der Waals surface area (Å²) in [5.74, 6) is -0.946. The van der Waals surface area contributed by atoms with Crippen molar-refractivity contribution in [2.75, 3.05) is 23.7 Å². The molecule has 0 aliphatic rings. The Bertz CT molecular complexity index is 1200. The number of halogens is 1. The van der Waals surface area contributed by atoms with Gasteiger partial charge < -0.3 is 15.4 Å². The van der Waals surface area contributed by atoms with E-state index in [0.717, 1.165) is 24.3 Å². The molecule has 0 aliphatic heterocycles. The van der Waals surface area contributed by atoms with Gasteiger partial charge >= 0.3 is 0 Å². The van der Waals surface area contributed by atoms with E-state index in [1.165, 1.54) is 30.6 Å². The van der Waals surface area contributed by atoms with Gasteiger partial charge in [0.2, 0.25) is 5.91 Å². The van der Waals surface area contributed by atoms with Crippen LogP contribution in [-0.2, 0) is 14.8 Å². The first-order valence-corrected chi connectivity index (χ1v) is 11.7. The zero-order valence-electron chi connectivity index (χ0n) is 16.9. The number of sulfonamides is 1. The largest absolute Gasteiger partial charge is 0.495 e. The van der Waals surface area contributed by atoms with Gasteiger partial charge in [0.15, 0.2) is 0 Å². The summed E-state index contributed by atoms with van der Waals surface area (Å²) < 4.78 is 45.9. The summed E-state index contributed by atoms with van der Waals surface area (Å²) in [5.41, 5.74) is 0.429. The van der Waals surface area contributed by atoms with Gasteiger partial charge in [0, 0.05) is 18.7 Å². The van der Waals surface area contributed by atoms with Gasteiger partial charge in [0.25, 0.3) is 15.9 Å². The second-order valence-corrected chi connectivity index (χ2v) is 9.14. The minimum absolute atomic E-state index is 0.0276. The summed E-state index contributed by atoms with van der Waals surface area (Å²) in [6, 6.07) is 12.3. The van der Waals surface area contributed by atoms with E-state index in [1.807, 2.05) is 0 Å². The van der Waals surface area contributed by atoms with E-state index in [0.29, 0.717) is 10.6 Å². The number of ether oxygens (including phenoxy) is 1. The normalized spacial score (nSPS) is 10.9. The van der Waals surface area contributed by atoms with Crippen LogP contribution in [0, 0.1) is 5.82 Å². The van der Waals surface area contributed by atoms with Crippen LogP contribution in [-0.4, -0.2) is 33.9 Å². The lowest BCUT2D eigenvalue weighted by atomic mass is 10.2. The predicted octanol–water partition coefficient (Wildman–Crippen LogP) is 3.46. The molecule has 0 atom stereocenters. The molecule has 0 fully saturated rings. The summed E-state index contributed by atoms with van der Waals surface area (Å²) in [6.07, 6.45) is 0.0276. The zero-order chi connectivity index (χ0) is 23.1. The van der Waals surface area contributed by atoms with Crippen LogP contribution in [0.15, 0.2) is 64.9 Å². The van der Waals surface area contributed by atoms with E-state index in [4.69, 9.17) is 4.74 Å². The highest BCUT2D eigenvalue weighted by molar-refractivity contribution is 7.92. The molecule has 0 saturated carbocycles. The first-order chi connectivity index (χ1) is 15.3. The van der Waals surface area contributed by atoms with Gasteiger partial charge in [-0.15, -0.1) is 11.3 Å². The van der Waals surface area contributed by atoms with Crippen LogP contribution >= 0.6 is 11.3 Å². The lowest BCUT2D eigenvalue weighted by Crippen LogP contribution is -2.27. The highest BCUT2D eigenvalue weighted by Crippen LogP contribution is 2.30. The first kappa shape index (κ1) is 23.2. The number of nitrogens with one attached hydrogen (secondary N) is 3. The maximum absolute atomic E-state index is 13.1. The van der Waals surface area contributed by atoms with E-state index in [2.05, 4.69) is 15.4 Å². The van der Waals surface area contributed by atoms with Crippen LogP contribution in [0.2, 0.25) is 0 Å². The topological polar surface area (TPSA) is 114 Å². The molecule has 3 rings (SSSR count). The van der Waals surface area contributed by atoms with Crippen LogP contribution in [0.25, 0.3) is 0 Å². The maximum Gasteiger partial charge on any atom is 0.262 e. The second kappa shape index (κ2) is 10.2. The van der Waals surface area contributed by atoms with Crippen molar-refractivity contribution in [3.05, 3.63) is 70.7 Å². The molecule has 0 unspecified atom stereocenters. The Morgan fingerprint density at radius 2 is 1.84 bits per heavy atom. The SMILES string of the molecule is COc1ccc(NC(=O)CCNC(=O)c2cccs2)cc1NS(=O)(=O)c1ccc(F)cc1. The van der Waals surface area contributed by atoms with E-state index in [-0.39, 0.29) is 41.1 Å². The highest BCUT2D eigenvalue weighted by atomic mass is 32.2. The van der Waals surface area contributed by atoms with Gasteiger partial charge in [-0.2, -0.15) is 0 Å². The number of carbonyl (C=O) groups is 2. The Kier molecular flexibility index (Phi) is 7.44. The molecule has 0 bridgehead atoms. The predicted molar refractivity (Wildman–Crippen MR) is 120 cm³/mol. The van der Waals surface area contributed by atoms with Crippen LogP contribution in [0.1, 0.15) is 16.1 Å². The fraction of sp³-hybridized carbons (Fsp3) is 0.143. The number of hydrogen-bond donors (Lipinski definition) is 3. The zero-order valence-corrected chi connectivity index (χ0v) is 18.6. The van der Waals surface area contributed by atoms with Crippen molar-refractivity contribution < 1.29 is 27.1 Å². The number of rotatable bonds is 9. The van der Waals surface area contributed by atoms with E-state index < -0.39 is 15.8 Å². The number of hydrogen-bond acceptors (Lipinski definition) is 6. The van der Waals surface area contributed by atoms with Crippen molar-refractivity contribution in [3.63, 3.8) is 0 Å². The third-order valence-corrected chi connectivity index (χ3v) is 6.48. The van der Waals surface area contributed by atoms with Gasteiger partial charge in [0.05, 0.1) is 22.6 Å². The molecule has 0 saturated heterocycles. The molecule has 32 heavy (non-hydrogen) atoms. The standard InChI is InChI=1S/C21H20FN3O5S2/c1-30-18-9-6-15(24-20(26)10-11-23-21(27)19-3-2-12-31-19)13-17(18)25-32(28,29)16-7-4-14(22)5-8-16/h2-9,12-13,25H,10-11H2,1H3,(H,23,27)(H,24,26). The van der Waals surface area contributed by atoms with Gasteiger partial charge in [-0.05, 0) is 53.9 Å². The number of carbonyl (C=O) groups excluding carboxylic acids is 2. The van der Waals surface area contributed by atoms with Gasteiger partial charge in [0.1, 0.15) is 11.6 Å². The molecule has 1 heterocycles. The van der Waals surface area contributed by atoms with Gasteiger partial charge in [-0.1, -0.05) is 6.07 Å². The monoisotopic (exact) mass is 477 g/mol. The second-order valence-electron chi connectivity index (χ2n) is 6.51. The number of amides is 2. The molecule has 3 aromatic rings. The van der Waals surface area contributed by atoms with Crippen LogP contribution in [0.3, 0.4) is 0 Å². The Morgan fingerprint density at radius 3 is 2.50 bits per heavy atom. The Morgan fingerprint density at radius 1 is 1.09 bits per heavy atom. The van der Waals surface area contributed by atoms with E-state index in [1.54, 1.807) is 23.6 Å². The fourth-order valence-corrected chi connectivity index (χ4v) is 4.39. The minimum Gasteiger partial charge on any atom is -0.495 e. The van der Waals surface area contributed by atoms with E-state index >= 15 is 0 Å². The molecular weight excluding hydrogens is 457 g/mol. The molecule has 1 aromatic heterocycles. The van der Waals surface area contributed by atoms with Crippen molar-refractivity contribution in [2.24, 2.45) is 0 Å². The van der Waals surface area contributed by atoms with Crippen molar-refractivity contribution in [1.29, 1.82) is 0 Å². The summed E-state index contributed by atoms with van der Waals surface area (Å²) in [7, 11) is -2.63. The molecule has 0 spiro atoms. The molecule has 0 radical (unpaired) electrons. The summed E-state index contributed by atoms with van der Waals surface area (Å²) in [4.78, 5) is 24.5. The van der Waals surface area contributed by atoms with Crippen LogP contribution in [0.4, 0.5) is 15.8 Å². The summed E-state index contributed by atoms with van der Waals surface area (Å²) in [6.45, 7) is 0.142. The molecule has 2 amide bonds. The quantitative estimate of drug-likeness (QED) is 0.437. The van der Waals surface area contributed by atoms with Gasteiger partial charge in [-0.3, -0.25) is 14.3 Å². The van der Waals surface area contributed by atoms with Gasteiger partial charge in [-0.25, -0.2) is 12.8 Å².